The summed E-state index contributed by atoms with van der Waals surface area (Å²) in [4.78, 5) is 16.4. The standard InChI is InChI=1S/C24H31ClN6/c1-13-5-6-18(7-17(13)9-26-22-15(3)14(2)16(22)4)29-23-21(25)10-27-24(30-23)31-11-19-8-20(12-31)28-19/h5-7,9-10,14-16,19-20,22,28H,8,11-12H2,1-4H3,(H,27,29,30). The minimum absolute atomic E-state index is 0.412. The molecule has 4 heterocycles. The summed E-state index contributed by atoms with van der Waals surface area (Å²) in [6.07, 6.45) is 4.97. The van der Waals surface area contributed by atoms with Crippen molar-refractivity contribution in [3.8, 4) is 0 Å². The lowest BCUT2D eigenvalue weighted by Crippen LogP contribution is -2.67. The summed E-state index contributed by atoms with van der Waals surface area (Å²) in [5, 5.41) is 7.46. The fourth-order valence-corrected chi connectivity index (χ4v) is 5.28. The van der Waals surface area contributed by atoms with Gasteiger partial charge in [0.1, 0.15) is 5.02 Å². The van der Waals surface area contributed by atoms with Gasteiger partial charge in [-0.1, -0.05) is 38.4 Å². The third kappa shape index (κ3) is 3.92. The quantitative estimate of drug-likeness (QED) is 0.675. The number of hydrogen-bond donors (Lipinski definition) is 2. The fourth-order valence-electron chi connectivity index (χ4n) is 5.14. The van der Waals surface area contributed by atoms with Crippen LogP contribution >= 0.6 is 11.6 Å². The number of piperazine rings is 1. The number of nitrogens with zero attached hydrogens (tertiary/aromatic N) is 4. The molecule has 1 saturated carbocycles. The number of hydrogen-bond acceptors (Lipinski definition) is 6. The van der Waals surface area contributed by atoms with Crippen molar-refractivity contribution in [3.63, 3.8) is 0 Å². The van der Waals surface area contributed by atoms with Gasteiger partial charge in [-0.05, 0) is 54.4 Å². The summed E-state index contributed by atoms with van der Waals surface area (Å²) in [7, 11) is 0. The zero-order chi connectivity index (χ0) is 21.7. The van der Waals surface area contributed by atoms with E-state index in [0.717, 1.165) is 36.2 Å². The maximum Gasteiger partial charge on any atom is 0.227 e. The van der Waals surface area contributed by atoms with Crippen LogP contribution in [0.1, 0.15) is 38.3 Å². The van der Waals surface area contributed by atoms with Crippen LogP contribution in [0.15, 0.2) is 29.4 Å². The number of halogens is 1. The highest BCUT2D eigenvalue weighted by Crippen LogP contribution is 2.42. The Morgan fingerprint density at radius 3 is 2.58 bits per heavy atom. The summed E-state index contributed by atoms with van der Waals surface area (Å²) < 4.78 is 0. The first-order valence-corrected chi connectivity index (χ1v) is 11.7. The van der Waals surface area contributed by atoms with E-state index in [2.05, 4.69) is 66.4 Å². The van der Waals surface area contributed by atoms with E-state index < -0.39 is 0 Å². The van der Waals surface area contributed by atoms with E-state index in [1.807, 2.05) is 6.21 Å². The van der Waals surface area contributed by atoms with Crippen LogP contribution in [0.4, 0.5) is 17.5 Å². The van der Waals surface area contributed by atoms with Crippen molar-refractivity contribution in [2.75, 3.05) is 23.3 Å². The number of aryl methyl sites for hydroxylation is 1. The Labute approximate surface area is 189 Å². The molecule has 4 atom stereocenters. The lowest BCUT2D eigenvalue weighted by molar-refractivity contribution is 0.0824. The molecular formula is C24H31ClN6. The highest BCUT2D eigenvalue weighted by Gasteiger charge is 2.41. The van der Waals surface area contributed by atoms with Gasteiger partial charge >= 0.3 is 0 Å². The average Bonchev–Trinajstić information content (AvgIpc) is 2.76. The van der Waals surface area contributed by atoms with E-state index in [0.29, 0.717) is 40.8 Å². The molecule has 0 amide bonds. The SMILES string of the molecule is Cc1ccc(Nc2nc(N3CC4CC(C3)N4)ncc2Cl)cc1C=NC1C(C)C(C)C1C. The van der Waals surface area contributed by atoms with Crippen LogP contribution in [0, 0.1) is 24.7 Å². The van der Waals surface area contributed by atoms with Crippen LogP contribution in [-0.4, -0.2) is 47.4 Å². The molecule has 4 fully saturated rings. The number of rotatable bonds is 5. The molecule has 164 valence electrons. The van der Waals surface area contributed by atoms with Gasteiger partial charge in [0.25, 0.3) is 0 Å². The van der Waals surface area contributed by atoms with E-state index in [4.69, 9.17) is 21.6 Å². The van der Waals surface area contributed by atoms with Crippen molar-refractivity contribution in [2.45, 2.75) is 52.2 Å². The van der Waals surface area contributed by atoms with Gasteiger partial charge in [-0.3, -0.25) is 4.99 Å². The number of benzene rings is 1. The third-order valence-corrected chi connectivity index (χ3v) is 7.88. The molecule has 2 N–H and O–H groups in total. The minimum Gasteiger partial charge on any atom is -0.339 e. The van der Waals surface area contributed by atoms with Crippen molar-refractivity contribution in [1.82, 2.24) is 15.3 Å². The Hall–Kier alpha value is -2.18. The second kappa shape index (κ2) is 8.06. The van der Waals surface area contributed by atoms with Crippen molar-refractivity contribution in [1.29, 1.82) is 0 Å². The molecule has 31 heavy (non-hydrogen) atoms. The summed E-state index contributed by atoms with van der Waals surface area (Å²) in [6, 6.07) is 7.81. The molecule has 6 rings (SSSR count). The van der Waals surface area contributed by atoms with Crippen LogP contribution in [0.5, 0.6) is 0 Å². The number of anilines is 3. The number of piperidine rings is 1. The second-order valence-electron chi connectivity index (χ2n) is 9.61. The molecule has 4 unspecified atom stereocenters. The molecule has 0 spiro atoms. The molecule has 2 bridgehead atoms. The summed E-state index contributed by atoms with van der Waals surface area (Å²) in [6.45, 7) is 10.9. The molecule has 4 aliphatic rings. The summed E-state index contributed by atoms with van der Waals surface area (Å²) in [5.74, 6) is 3.40. The van der Waals surface area contributed by atoms with E-state index >= 15 is 0 Å². The van der Waals surface area contributed by atoms with Crippen LogP contribution in [0.2, 0.25) is 5.02 Å². The van der Waals surface area contributed by atoms with E-state index in [1.54, 1.807) is 6.20 Å². The maximum atomic E-state index is 6.42. The van der Waals surface area contributed by atoms with Crippen molar-refractivity contribution in [3.05, 3.63) is 40.5 Å². The van der Waals surface area contributed by atoms with Crippen molar-refractivity contribution >= 4 is 35.3 Å². The molecule has 3 saturated heterocycles. The van der Waals surface area contributed by atoms with Crippen LogP contribution in [-0.2, 0) is 0 Å². The Kier molecular flexibility index (Phi) is 5.39. The second-order valence-corrected chi connectivity index (χ2v) is 10.0. The zero-order valence-corrected chi connectivity index (χ0v) is 19.4. The Morgan fingerprint density at radius 1 is 1.16 bits per heavy atom. The van der Waals surface area contributed by atoms with Crippen molar-refractivity contribution < 1.29 is 0 Å². The molecule has 6 nitrogen and oxygen atoms in total. The largest absolute Gasteiger partial charge is 0.339 e. The first kappa shape index (κ1) is 20.7. The molecule has 7 heteroatoms. The normalized spacial score (nSPS) is 32.0. The van der Waals surface area contributed by atoms with Crippen molar-refractivity contribution in [2.24, 2.45) is 22.7 Å². The Morgan fingerprint density at radius 2 is 1.87 bits per heavy atom. The molecule has 1 aromatic carbocycles. The van der Waals surface area contributed by atoms with Gasteiger partial charge in [-0.25, -0.2) is 4.98 Å². The van der Waals surface area contributed by atoms with Gasteiger partial charge in [-0.2, -0.15) is 4.98 Å². The first-order chi connectivity index (χ1) is 14.9. The lowest BCUT2D eigenvalue weighted by atomic mass is 9.63. The zero-order valence-electron chi connectivity index (χ0n) is 18.6. The monoisotopic (exact) mass is 438 g/mol. The number of nitrogens with one attached hydrogen (secondary N) is 2. The summed E-state index contributed by atoms with van der Waals surface area (Å²) in [5.41, 5.74) is 3.28. The average molecular weight is 439 g/mol. The highest BCUT2D eigenvalue weighted by molar-refractivity contribution is 6.32. The van der Waals surface area contributed by atoms with Gasteiger partial charge in [0.05, 0.1) is 12.2 Å². The Balaban J connectivity index is 1.33. The molecule has 1 aliphatic carbocycles. The highest BCUT2D eigenvalue weighted by atomic mass is 35.5. The molecular weight excluding hydrogens is 408 g/mol. The first-order valence-electron chi connectivity index (χ1n) is 11.3. The third-order valence-electron chi connectivity index (χ3n) is 7.60. The van der Waals surface area contributed by atoms with Gasteiger partial charge < -0.3 is 15.5 Å². The summed E-state index contributed by atoms with van der Waals surface area (Å²) >= 11 is 6.42. The molecule has 1 aromatic heterocycles. The number of aliphatic imine (C=N–C) groups is 1. The van der Waals surface area contributed by atoms with Crippen LogP contribution < -0.4 is 15.5 Å². The van der Waals surface area contributed by atoms with Gasteiger partial charge in [0.2, 0.25) is 5.95 Å². The lowest BCUT2D eigenvalue weighted by Gasteiger charge is -2.48. The van der Waals surface area contributed by atoms with E-state index in [-0.39, 0.29) is 0 Å². The molecule has 3 aliphatic heterocycles. The minimum atomic E-state index is 0.412. The molecule has 2 aromatic rings. The van der Waals surface area contributed by atoms with Gasteiger partial charge in [0, 0.05) is 37.1 Å². The predicted octanol–water partition coefficient (Wildman–Crippen LogP) is 4.44. The van der Waals surface area contributed by atoms with Crippen LogP contribution in [0.25, 0.3) is 0 Å². The maximum absolute atomic E-state index is 6.42. The topological polar surface area (TPSA) is 65.4 Å². The number of fused-ring (bicyclic) bond motifs is 2. The Bertz CT molecular complexity index is 982. The van der Waals surface area contributed by atoms with Gasteiger partial charge in [0.15, 0.2) is 5.82 Å². The van der Waals surface area contributed by atoms with E-state index in [9.17, 15) is 0 Å². The van der Waals surface area contributed by atoms with Crippen LogP contribution in [0.3, 0.4) is 0 Å². The fraction of sp³-hybridized carbons (Fsp3) is 0.542. The number of aromatic nitrogens is 2. The smallest absolute Gasteiger partial charge is 0.227 e. The molecule has 0 radical (unpaired) electrons. The van der Waals surface area contributed by atoms with Gasteiger partial charge in [-0.15, -0.1) is 0 Å². The predicted molar refractivity (Wildman–Crippen MR) is 128 cm³/mol. The van der Waals surface area contributed by atoms with E-state index in [1.165, 1.54) is 12.0 Å².